The molecule has 2 N–H and O–H groups in total. The molecule has 86 valence electrons. The Balaban J connectivity index is 2.00. The standard InChI is InChI=1S/C12H17N3O/c1-3-13-10-5-4-9(8-14-10)11(16)15-12(2)6-7-12/h4-5,8H,3,6-7H2,1-2H3,(H,13,14)(H,15,16). The van der Waals surface area contributed by atoms with Crippen molar-refractivity contribution in [2.45, 2.75) is 32.2 Å². The molecule has 1 aromatic rings. The lowest BCUT2D eigenvalue weighted by atomic mass is 10.2. The molecule has 0 aromatic carbocycles. The highest BCUT2D eigenvalue weighted by Crippen LogP contribution is 2.34. The quantitative estimate of drug-likeness (QED) is 0.811. The molecule has 2 rings (SSSR count). The zero-order valence-corrected chi connectivity index (χ0v) is 9.71. The minimum absolute atomic E-state index is 0.0252. The molecule has 1 saturated carbocycles. The second kappa shape index (κ2) is 4.12. The fourth-order valence-electron chi connectivity index (χ4n) is 1.47. The van der Waals surface area contributed by atoms with Gasteiger partial charge in [-0.25, -0.2) is 4.98 Å². The van der Waals surface area contributed by atoms with Gasteiger partial charge in [0.15, 0.2) is 0 Å². The molecule has 0 aliphatic heterocycles. The van der Waals surface area contributed by atoms with Crippen molar-refractivity contribution in [1.29, 1.82) is 0 Å². The molecular formula is C12H17N3O. The minimum Gasteiger partial charge on any atom is -0.370 e. The highest BCUT2D eigenvalue weighted by Gasteiger charge is 2.38. The fraction of sp³-hybridized carbons (Fsp3) is 0.500. The Morgan fingerprint density at radius 1 is 1.50 bits per heavy atom. The summed E-state index contributed by atoms with van der Waals surface area (Å²) in [6, 6.07) is 3.62. The molecule has 0 spiro atoms. The number of nitrogens with one attached hydrogen (secondary N) is 2. The summed E-state index contributed by atoms with van der Waals surface area (Å²) in [5, 5.41) is 6.09. The Labute approximate surface area is 95.5 Å². The molecule has 4 nitrogen and oxygen atoms in total. The first-order valence-corrected chi connectivity index (χ1v) is 5.65. The molecule has 1 aliphatic rings. The van der Waals surface area contributed by atoms with Crippen LogP contribution in [0, 0.1) is 0 Å². The van der Waals surface area contributed by atoms with E-state index in [0.29, 0.717) is 5.56 Å². The van der Waals surface area contributed by atoms with Crippen LogP contribution in [-0.2, 0) is 0 Å². The average molecular weight is 219 g/mol. The van der Waals surface area contributed by atoms with Gasteiger partial charge in [0.1, 0.15) is 5.82 Å². The van der Waals surface area contributed by atoms with Crippen LogP contribution in [0.25, 0.3) is 0 Å². The van der Waals surface area contributed by atoms with Gasteiger partial charge < -0.3 is 10.6 Å². The van der Waals surface area contributed by atoms with E-state index >= 15 is 0 Å². The number of aromatic nitrogens is 1. The van der Waals surface area contributed by atoms with E-state index < -0.39 is 0 Å². The Morgan fingerprint density at radius 3 is 2.75 bits per heavy atom. The van der Waals surface area contributed by atoms with Crippen LogP contribution < -0.4 is 10.6 Å². The Kier molecular flexibility index (Phi) is 2.81. The highest BCUT2D eigenvalue weighted by atomic mass is 16.1. The first-order chi connectivity index (χ1) is 7.63. The smallest absolute Gasteiger partial charge is 0.253 e. The van der Waals surface area contributed by atoms with Gasteiger partial charge in [0, 0.05) is 18.3 Å². The van der Waals surface area contributed by atoms with Crippen molar-refractivity contribution < 1.29 is 4.79 Å². The molecule has 16 heavy (non-hydrogen) atoms. The molecule has 1 aromatic heterocycles. The van der Waals surface area contributed by atoms with Crippen molar-refractivity contribution in [3.05, 3.63) is 23.9 Å². The number of pyridine rings is 1. The van der Waals surface area contributed by atoms with Crippen molar-refractivity contribution in [2.24, 2.45) is 0 Å². The summed E-state index contributed by atoms with van der Waals surface area (Å²) in [6.07, 6.45) is 3.75. The molecule has 0 atom stereocenters. The molecule has 1 fully saturated rings. The maximum absolute atomic E-state index is 11.8. The van der Waals surface area contributed by atoms with E-state index in [-0.39, 0.29) is 11.4 Å². The summed E-state index contributed by atoms with van der Waals surface area (Å²) >= 11 is 0. The van der Waals surface area contributed by atoms with Crippen LogP contribution in [0.5, 0.6) is 0 Å². The number of rotatable bonds is 4. The van der Waals surface area contributed by atoms with Gasteiger partial charge in [-0.15, -0.1) is 0 Å². The number of carbonyl (C=O) groups is 1. The number of hydrogen-bond acceptors (Lipinski definition) is 3. The van der Waals surface area contributed by atoms with Gasteiger partial charge in [-0.2, -0.15) is 0 Å². The van der Waals surface area contributed by atoms with Crippen LogP contribution >= 0.6 is 0 Å². The lowest BCUT2D eigenvalue weighted by Gasteiger charge is -2.11. The maximum atomic E-state index is 11.8. The zero-order chi connectivity index (χ0) is 11.6. The molecule has 1 heterocycles. The lowest BCUT2D eigenvalue weighted by Crippen LogP contribution is -2.34. The van der Waals surface area contributed by atoms with Crippen LogP contribution in [0.15, 0.2) is 18.3 Å². The zero-order valence-electron chi connectivity index (χ0n) is 9.71. The summed E-state index contributed by atoms with van der Waals surface area (Å²) in [6.45, 7) is 4.90. The highest BCUT2D eigenvalue weighted by molar-refractivity contribution is 5.94. The van der Waals surface area contributed by atoms with Crippen molar-refractivity contribution in [3.8, 4) is 0 Å². The van der Waals surface area contributed by atoms with E-state index in [1.54, 1.807) is 12.3 Å². The van der Waals surface area contributed by atoms with Crippen LogP contribution in [0.2, 0.25) is 0 Å². The van der Waals surface area contributed by atoms with Crippen LogP contribution in [-0.4, -0.2) is 23.0 Å². The normalized spacial score (nSPS) is 16.6. The average Bonchev–Trinajstić information content (AvgIpc) is 2.97. The predicted molar refractivity (Wildman–Crippen MR) is 63.5 cm³/mol. The van der Waals surface area contributed by atoms with Gasteiger partial charge in [0.25, 0.3) is 5.91 Å². The monoisotopic (exact) mass is 219 g/mol. The maximum Gasteiger partial charge on any atom is 0.253 e. The number of carbonyl (C=O) groups excluding carboxylic acids is 1. The van der Waals surface area contributed by atoms with Gasteiger partial charge in [0.05, 0.1) is 5.56 Å². The Morgan fingerprint density at radius 2 is 2.25 bits per heavy atom. The molecule has 1 aliphatic carbocycles. The summed E-state index contributed by atoms with van der Waals surface area (Å²) in [5.41, 5.74) is 0.645. The molecule has 1 amide bonds. The fourth-order valence-corrected chi connectivity index (χ4v) is 1.47. The number of amides is 1. The summed E-state index contributed by atoms with van der Waals surface area (Å²) in [4.78, 5) is 16.0. The van der Waals surface area contributed by atoms with E-state index in [9.17, 15) is 4.79 Å². The predicted octanol–water partition coefficient (Wildman–Crippen LogP) is 1.80. The third-order valence-electron chi connectivity index (χ3n) is 2.80. The van der Waals surface area contributed by atoms with E-state index in [1.807, 2.05) is 13.0 Å². The van der Waals surface area contributed by atoms with E-state index in [2.05, 4.69) is 22.5 Å². The Hall–Kier alpha value is -1.58. The minimum atomic E-state index is -0.0319. The molecular weight excluding hydrogens is 202 g/mol. The Bertz CT molecular complexity index is 382. The van der Waals surface area contributed by atoms with Crippen molar-refractivity contribution in [2.75, 3.05) is 11.9 Å². The summed E-state index contributed by atoms with van der Waals surface area (Å²) < 4.78 is 0. The van der Waals surface area contributed by atoms with E-state index in [1.165, 1.54) is 0 Å². The molecule has 0 unspecified atom stereocenters. The summed E-state index contributed by atoms with van der Waals surface area (Å²) in [5.74, 6) is 0.771. The molecule has 4 heteroatoms. The van der Waals surface area contributed by atoms with Gasteiger partial charge in [-0.3, -0.25) is 4.79 Å². The van der Waals surface area contributed by atoms with Crippen molar-refractivity contribution in [3.63, 3.8) is 0 Å². The van der Waals surface area contributed by atoms with Crippen LogP contribution in [0.3, 0.4) is 0 Å². The topological polar surface area (TPSA) is 54.0 Å². The SMILES string of the molecule is CCNc1ccc(C(=O)NC2(C)CC2)cn1. The van der Waals surface area contributed by atoms with Gasteiger partial charge in [-0.05, 0) is 38.8 Å². The third kappa shape index (κ3) is 2.51. The van der Waals surface area contributed by atoms with E-state index in [0.717, 1.165) is 25.2 Å². The van der Waals surface area contributed by atoms with Gasteiger partial charge in [0.2, 0.25) is 0 Å². The van der Waals surface area contributed by atoms with Gasteiger partial charge >= 0.3 is 0 Å². The first-order valence-electron chi connectivity index (χ1n) is 5.65. The third-order valence-corrected chi connectivity index (χ3v) is 2.80. The van der Waals surface area contributed by atoms with E-state index in [4.69, 9.17) is 0 Å². The number of hydrogen-bond donors (Lipinski definition) is 2. The van der Waals surface area contributed by atoms with Crippen LogP contribution in [0.1, 0.15) is 37.0 Å². The lowest BCUT2D eigenvalue weighted by molar-refractivity contribution is 0.0935. The van der Waals surface area contributed by atoms with Crippen molar-refractivity contribution >= 4 is 11.7 Å². The molecule has 0 radical (unpaired) electrons. The van der Waals surface area contributed by atoms with Crippen LogP contribution in [0.4, 0.5) is 5.82 Å². The number of nitrogens with zero attached hydrogens (tertiary/aromatic N) is 1. The molecule has 0 bridgehead atoms. The molecule has 0 saturated heterocycles. The second-order valence-corrected chi connectivity index (χ2v) is 4.48. The van der Waals surface area contributed by atoms with Crippen molar-refractivity contribution in [1.82, 2.24) is 10.3 Å². The summed E-state index contributed by atoms with van der Waals surface area (Å²) in [7, 11) is 0. The van der Waals surface area contributed by atoms with Gasteiger partial charge in [-0.1, -0.05) is 0 Å². The largest absolute Gasteiger partial charge is 0.370 e. The first kappa shape index (κ1) is 10.9. The second-order valence-electron chi connectivity index (χ2n) is 4.48. The number of anilines is 1.